The molecule has 0 amide bonds. The van der Waals surface area contributed by atoms with Crippen LogP contribution in [0.5, 0.6) is 0 Å². The van der Waals surface area contributed by atoms with Gasteiger partial charge in [0.1, 0.15) is 0 Å². The van der Waals surface area contributed by atoms with E-state index in [9.17, 15) is 0 Å². The molecule has 0 fully saturated rings. The molecule has 236 valence electrons. The first-order valence-corrected chi connectivity index (χ1v) is 16.4. The summed E-state index contributed by atoms with van der Waals surface area (Å²) in [5.41, 5.74) is 11.2. The molecule has 0 heterocycles. The van der Waals surface area contributed by atoms with Gasteiger partial charge in [-0.15, -0.1) is 6.42 Å². The maximum Gasteiger partial charge on any atom is 0.0462 e. The molecule has 0 aromatic heterocycles. The molecule has 0 saturated carbocycles. The first-order chi connectivity index (χ1) is 24.2. The van der Waals surface area contributed by atoms with Gasteiger partial charge in [-0.25, -0.2) is 0 Å². The third kappa shape index (κ3) is 8.63. The second kappa shape index (κ2) is 16.3. The normalized spacial score (nSPS) is 11.6. The molecule has 0 N–H and O–H groups in total. The minimum Gasteiger partial charge on any atom is -0.315 e. The molecule has 0 aliphatic heterocycles. The summed E-state index contributed by atoms with van der Waals surface area (Å²) in [7, 11) is 0. The Morgan fingerprint density at radius 1 is 0.449 bits per heavy atom. The number of anilines is 5. The third-order valence-corrected chi connectivity index (χ3v) is 8.10. The predicted molar refractivity (Wildman–Crippen MR) is 212 cm³/mol. The number of terminal acetylenes is 1. The lowest BCUT2D eigenvalue weighted by molar-refractivity contribution is 1.16. The molecular weight excluding hydrogens is 593 g/mol. The van der Waals surface area contributed by atoms with E-state index in [0.29, 0.717) is 0 Å². The van der Waals surface area contributed by atoms with Gasteiger partial charge in [0.05, 0.1) is 0 Å². The minimum absolute atomic E-state index is 1.07. The van der Waals surface area contributed by atoms with Gasteiger partial charge in [0.2, 0.25) is 0 Å². The van der Waals surface area contributed by atoms with Crippen molar-refractivity contribution in [3.8, 4) is 12.3 Å². The topological polar surface area (TPSA) is 6.48 Å². The maximum absolute atomic E-state index is 5.39. The highest BCUT2D eigenvalue weighted by Crippen LogP contribution is 2.34. The Morgan fingerprint density at radius 3 is 1.18 bits per heavy atom. The molecule has 0 spiro atoms. The number of allylic oxidation sites excluding steroid dienone is 4. The summed E-state index contributed by atoms with van der Waals surface area (Å²) in [6.07, 6.45) is 19.6. The van der Waals surface area contributed by atoms with E-state index in [1.165, 1.54) is 0 Å². The first kappa shape index (κ1) is 32.4. The van der Waals surface area contributed by atoms with Crippen molar-refractivity contribution in [3.63, 3.8) is 0 Å². The number of para-hydroxylation sites is 3. The average Bonchev–Trinajstić information content (AvgIpc) is 3.16. The van der Waals surface area contributed by atoms with E-state index in [0.717, 1.165) is 56.4 Å². The third-order valence-electron chi connectivity index (χ3n) is 8.10. The fraction of sp³-hybridized carbons (Fsp3) is 0.0213. The van der Waals surface area contributed by atoms with Crippen molar-refractivity contribution in [2.75, 3.05) is 9.80 Å². The van der Waals surface area contributed by atoms with E-state index in [4.69, 9.17) is 6.42 Å². The minimum atomic E-state index is 1.07. The molecule has 0 bridgehead atoms. The van der Waals surface area contributed by atoms with Crippen molar-refractivity contribution in [2.24, 2.45) is 0 Å². The van der Waals surface area contributed by atoms with Crippen LogP contribution in [0, 0.1) is 12.3 Å². The molecule has 0 atom stereocenters. The van der Waals surface area contributed by atoms with Crippen LogP contribution in [-0.2, 0) is 0 Å². The number of hydrogen-bond donors (Lipinski definition) is 0. The molecule has 0 saturated heterocycles. The maximum atomic E-state index is 5.39. The zero-order valence-corrected chi connectivity index (χ0v) is 27.6. The van der Waals surface area contributed by atoms with Crippen molar-refractivity contribution in [1.29, 1.82) is 0 Å². The molecule has 6 rings (SSSR count). The van der Waals surface area contributed by atoms with Crippen LogP contribution in [0.4, 0.5) is 28.4 Å². The van der Waals surface area contributed by atoms with Crippen molar-refractivity contribution in [2.45, 2.75) is 6.92 Å². The van der Waals surface area contributed by atoms with Crippen LogP contribution in [0.25, 0.3) is 24.3 Å². The van der Waals surface area contributed by atoms with Crippen LogP contribution in [0.1, 0.15) is 29.2 Å². The van der Waals surface area contributed by atoms with Crippen molar-refractivity contribution < 1.29 is 0 Å². The molecule has 0 aliphatic rings. The Bertz CT molecular complexity index is 2040. The predicted octanol–water partition coefficient (Wildman–Crippen LogP) is 12.7. The zero-order chi connectivity index (χ0) is 33.7. The van der Waals surface area contributed by atoms with E-state index in [1.54, 1.807) is 6.08 Å². The van der Waals surface area contributed by atoms with Gasteiger partial charge in [0, 0.05) is 34.1 Å². The second-order valence-corrected chi connectivity index (χ2v) is 11.5. The highest BCUT2D eigenvalue weighted by molar-refractivity contribution is 5.79. The smallest absolute Gasteiger partial charge is 0.0462 e. The number of hydrogen-bond acceptors (Lipinski definition) is 2. The van der Waals surface area contributed by atoms with Crippen molar-refractivity contribution >= 4 is 52.7 Å². The molecule has 0 aliphatic carbocycles. The molecule has 49 heavy (non-hydrogen) atoms. The van der Waals surface area contributed by atoms with E-state index < -0.39 is 0 Å². The van der Waals surface area contributed by atoms with Gasteiger partial charge in [-0.05, 0) is 102 Å². The lowest BCUT2D eigenvalue weighted by Gasteiger charge is -2.26. The molecule has 6 aromatic rings. The number of benzene rings is 6. The van der Waals surface area contributed by atoms with Gasteiger partial charge in [-0.3, -0.25) is 0 Å². The Morgan fingerprint density at radius 2 is 0.776 bits per heavy atom. The van der Waals surface area contributed by atoms with Gasteiger partial charge in [0.15, 0.2) is 0 Å². The monoisotopic (exact) mass is 630 g/mol. The summed E-state index contributed by atoms with van der Waals surface area (Å²) >= 11 is 0. The van der Waals surface area contributed by atoms with Crippen LogP contribution >= 0.6 is 0 Å². The van der Waals surface area contributed by atoms with Gasteiger partial charge < -0.3 is 9.80 Å². The summed E-state index contributed by atoms with van der Waals surface area (Å²) in [6.45, 7) is 2.09. The lowest BCUT2D eigenvalue weighted by Crippen LogP contribution is -2.14. The fourth-order valence-electron chi connectivity index (χ4n) is 5.62. The van der Waals surface area contributed by atoms with Crippen molar-refractivity contribution in [1.82, 2.24) is 0 Å². The summed E-state index contributed by atoms with van der Waals surface area (Å²) in [5, 5.41) is 0. The molecular formula is C47H38N2. The average molecular weight is 631 g/mol. The van der Waals surface area contributed by atoms with Crippen LogP contribution in [0.15, 0.2) is 188 Å². The summed E-state index contributed by atoms with van der Waals surface area (Å²) in [5.74, 6) is 2.55. The van der Waals surface area contributed by atoms with Gasteiger partial charge in [0.25, 0.3) is 0 Å². The summed E-state index contributed by atoms with van der Waals surface area (Å²) in [6, 6.07) is 57.2. The molecule has 0 unspecified atom stereocenters. The largest absolute Gasteiger partial charge is 0.315 e. The number of rotatable bonds is 11. The molecule has 2 nitrogen and oxygen atoms in total. The standard InChI is InChI=1S/C47H38N2/c1-3-4-8-15-38(2)48(43-16-9-5-10-17-43)46-34-30-41(31-35-46)28-26-39-22-24-40(25-23-39)27-29-42-32-36-47(37-33-42)49(44-18-11-6-12-19-44)45-20-13-7-14-21-45/h1,4-37H,2H3/b8-4-,28-26+,29-27+,38-15+. The van der Waals surface area contributed by atoms with E-state index in [1.807, 2.05) is 30.4 Å². The quantitative estimate of drug-likeness (QED) is 0.0798. The van der Waals surface area contributed by atoms with E-state index >= 15 is 0 Å². The zero-order valence-electron chi connectivity index (χ0n) is 27.6. The Labute approximate surface area is 290 Å². The van der Waals surface area contributed by atoms with Crippen molar-refractivity contribution in [3.05, 3.63) is 210 Å². The van der Waals surface area contributed by atoms with E-state index in [2.05, 4.69) is 193 Å². The highest BCUT2D eigenvalue weighted by atomic mass is 15.1. The number of nitrogens with zero attached hydrogens (tertiary/aromatic N) is 2. The van der Waals surface area contributed by atoms with Gasteiger partial charge >= 0.3 is 0 Å². The van der Waals surface area contributed by atoms with Gasteiger partial charge in [-0.2, -0.15) is 0 Å². The Hall–Kier alpha value is -6.56. The Kier molecular flexibility index (Phi) is 10.8. The highest BCUT2D eigenvalue weighted by Gasteiger charge is 2.12. The van der Waals surface area contributed by atoms with Gasteiger partial charge in [-0.1, -0.05) is 139 Å². The first-order valence-electron chi connectivity index (χ1n) is 16.4. The lowest BCUT2D eigenvalue weighted by atomic mass is 10.1. The SMILES string of the molecule is C#C/C=C\C=C(/C)N(c1ccccc1)c1ccc(/C=C/c2ccc(/C=C/c3ccc(N(c4ccccc4)c4ccccc4)cc3)cc2)cc1. The van der Waals surface area contributed by atoms with Crippen LogP contribution in [0.2, 0.25) is 0 Å². The van der Waals surface area contributed by atoms with Crippen LogP contribution in [0.3, 0.4) is 0 Å². The van der Waals surface area contributed by atoms with Crippen LogP contribution < -0.4 is 9.80 Å². The second-order valence-electron chi connectivity index (χ2n) is 11.5. The molecule has 6 aromatic carbocycles. The Balaban J connectivity index is 1.11. The van der Waals surface area contributed by atoms with Crippen LogP contribution in [-0.4, -0.2) is 0 Å². The summed E-state index contributed by atoms with van der Waals surface area (Å²) < 4.78 is 0. The molecule has 0 radical (unpaired) electrons. The fourth-order valence-corrected chi connectivity index (χ4v) is 5.62. The molecule has 2 heteroatoms. The van der Waals surface area contributed by atoms with E-state index in [-0.39, 0.29) is 0 Å². The summed E-state index contributed by atoms with van der Waals surface area (Å²) in [4.78, 5) is 4.49.